The lowest BCUT2D eigenvalue weighted by atomic mass is 10.3. The lowest BCUT2D eigenvalue weighted by Crippen LogP contribution is -2.09. The molecule has 0 spiro atoms. The molecule has 0 amide bonds. The van der Waals surface area contributed by atoms with Gasteiger partial charge in [-0.2, -0.15) is 0 Å². The predicted octanol–water partition coefficient (Wildman–Crippen LogP) is 1.89. The average molecular weight is 343 g/mol. The number of carbonyl (C=O) groups is 1. The van der Waals surface area contributed by atoms with Crippen LogP contribution in [0.2, 0.25) is 0 Å². The zero-order chi connectivity index (χ0) is 15.0. The van der Waals surface area contributed by atoms with Gasteiger partial charge in [-0.05, 0) is 6.07 Å². The normalized spacial score (nSPS) is 11.5. The smallest absolute Gasteiger partial charge is 0.339 e. The van der Waals surface area contributed by atoms with Crippen molar-refractivity contribution in [2.75, 3.05) is 33.5 Å². The van der Waals surface area contributed by atoms with E-state index in [4.69, 9.17) is 24.9 Å². The van der Waals surface area contributed by atoms with Crippen molar-refractivity contribution in [1.82, 2.24) is 0 Å². The number of esters is 1. The van der Waals surface area contributed by atoms with Crippen molar-refractivity contribution in [2.24, 2.45) is 0 Å². The first-order valence-electron chi connectivity index (χ1n) is 5.72. The third kappa shape index (κ3) is 6.19. The molecule has 0 unspecified atom stereocenters. The van der Waals surface area contributed by atoms with Crippen LogP contribution in [0.3, 0.4) is 0 Å². The van der Waals surface area contributed by atoms with Gasteiger partial charge in [-0.1, -0.05) is 0 Å². The first-order valence-corrected chi connectivity index (χ1v) is 8.91. The summed E-state index contributed by atoms with van der Waals surface area (Å²) in [5.74, 6) is -0.579. The number of hydrogen-bond donors (Lipinski definition) is 0. The first kappa shape index (κ1) is 17.4. The quantitative estimate of drug-likeness (QED) is 0.387. The standard InChI is InChI=1S/C11H15ClO6S2/c1-16-5-6-17-3-2-4-18-11(13)9-7-10(19-8-9)20(12,14)15/h7-8H,2-6H2,1H3. The van der Waals surface area contributed by atoms with Crippen molar-refractivity contribution in [3.63, 3.8) is 0 Å². The molecule has 0 saturated carbocycles. The number of halogens is 1. The number of methoxy groups -OCH3 is 1. The minimum absolute atomic E-state index is 0.0750. The topological polar surface area (TPSA) is 78.9 Å². The molecule has 0 aliphatic heterocycles. The van der Waals surface area contributed by atoms with E-state index in [-0.39, 0.29) is 16.4 Å². The van der Waals surface area contributed by atoms with Crippen LogP contribution in [0.4, 0.5) is 0 Å². The molecule has 6 nitrogen and oxygen atoms in total. The minimum Gasteiger partial charge on any atom is -0.462 e. The van der Waals surface area contributed by atoms with E-state index < -0.39 is 15.0 Å². The van der Waals surface area contributed by atoms with Gasteiger partial charge >= 0.3 is 5.97 Å². The summed E-state index contributed by atoms with van der Waals surface area (Å²) in [6.45, 7) is 1.67. The van der Waals surface area contributed by atoms with Gasteiger partial charge < -0.3 is 14.2 Å². The van der Waals surface area contributed by atoms with Crippen LogP contribution in [-0.2, 0) is 23.3 Å². The highest BCUT2D eigenvalue weighted by molar-refractivity contribution is 8.15. The fraction of sp³-hybridized carbons (Fsp3) is 0.545. The van der Waals surface area contributed by atoms with Crippen molar-refractivity contribution in [3.05, 3.63) is 17.0 Å². The van der Waals surface area contributed by atoms with Gasteiger partial charge in [-0.3, -0.25) is 0 Å². The van der Waals surface area contributed by atoms with Gasteiger partial charge in [0.1, 0.15) is 4.21 Å². The van der Waals surface area contributed by atoms with Crippen LogP contribution in [0.25, 0.3) is 0 Å². The highest BCUT2D eigenvalue weighted by atomic mass is 35.7. The predicted molar refractivity (Wildman–Crippen MR) is 75.0 cm³/mol. The van der Waals surface area contributed by atoms with E-state index in [0.29, 0.717) is 26.2 Å². The van der Waals surface area contributed by atoms with Crippen molar-refractivity contribution in [1.29, 1.82) is 0 Å². The van der Waals surface area contributed by atoms with E-state index in [2.05, 4.69) is 0 Å². The molecule has 9 heteroatoms. The number of rotatable bonds is 9. The molecule has 0 N–H and O–H groups in total. The second kappa shape index (κ2) is 8.58. The fourth-order valence-electron chi connectivity index (χ4n) is 1.20. The van der Waals surface area contributed by atoms with E-state index in [1.165, 1.54) is 11.4 Å². The molecule has 1 aromatic heterocycles. The molecule has 0 aromatic carbocycles. The van der Waals surface area contributed by atoms with Crippen LogP contribution in [0.15, 0.2) is 15.7 Å². The summed E-state index contributed by atoms with van der Waals surface area (Å²) in [6.07, 6.45) is 0.556. The van der Waals surface area contributed by atoms with Gasteiger partial charge in [0.25, 0.3) is 9.05 Å². The van der Waals surface area contributed by atoms with Crippen LogP contribution in [-0.4, -0.2) is 47.9 Å². The van der Waals surface area contributed by atoms with Crippen LogP contribution in [0.1, 0.15) is 16.8 Å². The van der Waals surface area contributed by atoms with E-state index in [9.17, 15) is 13.2 Å². The molecule has 114 valence electrons. The molecule has 1 heterocycles. The second-order valence-corrected chi connectivity index (χ2v) is 7.39. The first-order chi connectivity index (χ1) is 9.45. The van der Waals surface area contributed by atoms with Crippen molar-refractivity contribution in [3.8, 4) is 0 Å². The van der Waals surface area contributed by atoms with Gasteiger partial charge in [0.05, 0.1) is 25.4 Å². The minimum atomic E-state index is -3.80. The third-order valence-corrected chi connectivity index (χ3v) is 5.19. The van der Waals surface area contributed by atoms with Gasteiger partial charge in [-0.15, -0.1) is 11.3 Å². The molecule has 0 fully saturated rings. The van der Waals surface area contributed by atoms with E-state index in [0.717, 1.165) is 11.3 Å². The Labute approximate surface area is 126 Å². The summed E-state index contributed by atoms with van der Waals surface area (Å²) < 4.78 is 37.0. The SMILES string of the molecule is COCCOCCCOC(=O)c1csc(S(=O)(=O)Cl)c1. The summed E-state index contributed by atoms with van der Waals surface area (Å²) in [4.78, 5) is 11.6. The number of ether oxygens (including phenoxy) is 3. The zero-order valence-corrected chi connectivity index (χ0v) is 13.2. The zero-order valence-electron chi connectivity index (χ0n) is 10.8. The Hall–Kier alpha value is -0.670. The van der Waals surface area contributed by atoms with Gasteiger partial charge in [0, 0.05) is 36.2 Å². The van der Waals surface area contributed by atoms with Crippen LogP contribution >= 0.6 is 22.0 Å². The lowest BCUT2D eigenvalue weighted by molar-refractivity contribution is 0.0386. The molecule has 0 atom stereocenters. The lowest BCUT2D eigenvalue weighted by Gasteiger charge is -2.04. The molecule has 0 bridgehead atoms. The van der Waals surface area contributed by atoms with Crippen molar-refractivity contribution in [2.45, 2.75) is 10.6 Å². The second-order valence-electron chi connectivity index (χ2n) is 3.69. The molecule has 0 radical (unpaired) electrons. The summed E-state index contributed by atoms with van der Waals surface area (Å²) in [5, 5.41) is 1.40. The van der Waals surface area contributed by atoms with Crippen LogP contribution in [0.5, 0.6) is 0 Å². The summed E-state index contributed by atoms with van der Waals surface area (Å²) in [6, 6.07) is 1.20. The Morgan fingerprint density at radius 2 is 2.05 bits per heavy atom. The molecule has 0 aliphatic rings. The molecule has 1 rings (SSSR count). The molecular weight excluding hydrogens is 328 g/mol. The molecule has 0 aliphatic carbocycles. The van der Waals surface area contributed by atoms with E-state index >= 15 is 0 Å². The maximum Gasteiger partial charge on any atom is 0.339 e. The number of carbonyl (C=O) groups excluding carboxylic acids is 1. The van der Waals surface area contributed by atoms with E-state index in [1.54, 1.807) is 7.11 Å². The Balaban J connectivity index is 2.28. The summed E-state index contributed by atoms with van der Waals surface area (Å²) in [5.41, 5.74) is 0.175. The maximum absolute atomic E-state index is 11.6. The molecule has 0 saturated heterocycles. The van der Waals surface area contributed by atoms with Gasteiger partial charge in [0.15, 0.2) is 0 Å². The van der Waals surface area contributed by atoms with Gasteiger partial charge in [-0.25, -0.2) is 13.2 Å². The summed E-state index contributed by atoms with van der Waals surface area (Å²) in [7, 11) is 2.95. The van der Waals surface area contributed by atoms with Crippen LogP contribution < -0.4 is 0 Å². The maximum atomic E-state index is 11.6. The molecule has 1 aromatic rings. The Morgan fingerprint density at radius 3 is 2.65 bits per heavy atom. The molecule has 20 heavy (non-hydrogen) atoms. The largest absolute Gasteiger partial charge is 0.462 e. The Kier molecular flexibility index (Phi) is 7.46. The molecular formula is C11H15ClO6S2. The van der Waals surface area contributed by atoms with Gasteiger partial charge in [0.2, 0.25) is 0 Å². The third-order valence-electron chi connectivity index (χ3n) is 2.15. The Bertz CT molecular complexity index is 525. The highest BCUT2D eigenvalue weighted by Gasteiger charge is 2.17. The Morgan fingerprint density at radius 1 is 1.30 bits per heavy atom. The van der Waals surface area contributed by atoms with E-state index in [1.807, 2.05) is 0 Å². The highest BCUT2D eigenvalue weighted by Crippen LogP contribution is 2.24. The summed E-state index contributed by atoms with van der Waals surface area (Å²) >= 11 is 0.878. The van der Waals surface area contributed by atoms with Crippen molar-refractivity contribution >= 4 is 37.0 Å². The van der Waals surface area contributed by atoms with Crippen molar-refractivity contribution < 1.29 is 27.4 Å². The number of hydrogen-bond acceptors (Lipinski definition) is 7. The number of thiophene rings is 1. The van der Waals surface area contributed by atoms with Crippen LogP contribution in [0, 0.1) is 0 Å². The average Bonchev–Trinajstić information content (AvgIpc) is 2.87. The monoisotopic (exact) mass is 342 g/mol. The fourth-order valence-corrected chi connectivity index (χ4v) is 3.14.